The molecule has 0 bridgehead atoms. The van der Waals surface area contributed by atoms with Crippen LogP contribution < -0.4 is 10.2 Å². The standard InChI is InChI=1S/C23H20N4O2S3/c1-29-20-12-11-17-9-5-6-10-18(17)19(20)13-24-25-21(28)15-31-23-27-26-22(32-23)30-14-16-7-3-2-4-8-16/h2-13H,14-15H2,1H3,(H,25,28). The smallest absolute Gasteiger partial charge is 0.250 e. The lowest BCUT2D eigenvalue weighted by Gasteiger charge is -2.08. The summed E-state index contributed by atoms with van der Waals surface area (Å²) < 4.78 is 7.09. The molecular weight excluding hydrogens is 460 g/mol. The number of carbonyl (C=O) groups is 1. The third-order valence-corrected chi connectivity index (χ3v) is 7.71. The highest BCUT2D eigenvalue weighted by Crippen LogP contribution is 2.30. The largest absolute Gasteiger partial charge is 0.496 e. The number of hydrazone groups is 1. The maximum Gasteiger partial charge on any atom is 0.250 e. The Labute approximate surface area is 198 Å². The van der Waals surface area contributed by atoms with E-state index in [1.807, 2.05) is 54.6 Å². The lowest BCUT2D eigenvalue weighted by molar-refractivity contribution is -0.118. The van der Waals surface area contributed by atoms with Crippen LogP contribution in [0.5, 0.6) is 5.75 Å². The molecule has 0 saturated heterocycles. The van der Waals surface area contributed by atoms with Gasteiger partial charge in [0.15, 0.2) is 8.68 Å². The Morgan fingerprint density at radius 3 is 2.59 bits per heavy atom. The molecule has 0 fully saturated rings. The summed E-state index contributed by atoms with van der Waals surface area (Å²) in [5.41, 5.74) is 4.64. The molecule has 9 heteroatoms. The summed E-state index contributed by atoms with van der Waals surface area (Å²) >= 11 is 4.48. The first-order valence-corrected chi connectivity index (χ1v) is 12.5. The highest BCUT2D eigenvalue weighted by atomic mass is 32.2. The summed E-state index contributed by atoms with van der Waals surface area (Å²) in [6, 6.07) is 22.1. The van der Waals surface area contributed by atoms with Gasteiger partial charge in [-0.15, -0.1) is 10.2 Å². The molecule has 1 N–H and O–H groups in total. The highest BCUT2D eigenvalue weighted by Gasteiger charge is 2.09. The van der Waals surface area contributed by atoms with Gasteiger partial charge in [0, 0.05) is 11.3 Å². The molecule has 0 aliphatic carbocycles. The SMILES string of the molecule is COc1ccc2ccccc2c1C=NNC(=O)CSc1nnc(SCc2ccccc2)s1. The second kappa shape index (κ2) is 11.1. The van der Waals surface area contributed by atoms with E-state index in [0.717, 1.165) is 30.8 Å². The molecule has 0 radical (unpaired) electrons. The minimum absolute atomic E-state index is 0.209. The molecule has 6 nitrogen and oxygen atoms in total. The third-order valence-electron chi connectivity index (χ3n) is 4.45. The number of carbonyl (C=O) groups excluding carboxylic acids is 1. The summed E-state index contributed by atoms with van der Waals surface area (Å²) in [5, 5.41) is 14.6. The van der Waals surface area contributed by atoms with Crippen LogP contribution in [0.3, 0.4) is 0 Å². The molecule has 4 aromatic rings. The van der Waals surface area contributed by atoms with Crippen molar-refractivity contribution in [2.75, 3.05) is 12.9 Å². The van der Waals surface area contributed by atoms with Gasteiger partial charge in [-0.2, -0.15) is 5.10 Å². The van der Waals surface area contributed by atoms with Gasteiger partial charge in [0.25, 0.3) is 5.91 Å². The van der Waals surface area contributed by atoms with Crippen molar-refractivity contribution >= 4 is 57.8 Å². The minimum atomic E-state index is -0.209. The van der Waals surface area contributed by atoms with E-state index >= 15 is 0 Å². The molecule has 162 valence electrons. The number of ether oxygens (including phenoxy) is 1. The molecule has 0 atom stereocenters. The number of amides is 1. The van der Waals surface area contributed by atoms with Crippen LogP contribution >= 0.6 is 34.9 Å². The third kappa shape index (κ3) is 5.87. The average Bonchev–Trinajstić information content (AvgIpc) is 3.30. The lowest BCUT2D eigenvalue weighted by Crippen LogP contribution is -2.19. The van der Waals surface area contributed by atoms with Crippen molar-refractivity contribution in [2.24, 2.45) is 5.10 Å². The fourth-order valence-electron chi connectivity index (χ4n) is 2.95. The van der Waals surface area contributed by atoms with Crippen LogP contribution in [0.4, 0.5) is 0 Å². The molecule has 1 amide bonds. The van der Waals surface area contributed by atoms with Crippen molar-refractivity contribution in [3.8, 4) is 5.75 Å². The Hall–Kier alpha value is -2.88. The molecule has 0 aliphatic rings. The maximum atomic E-state index is 12.2. The number of benzene rings is 3. The van der Waals surface area contributed by atoms with Crippen molar-refractivity contribution in [1.82, 2.24) is 15.6 Å². The van der Waals surface area contributed by atoms with Crippen molar-refractivity contribution in [1.29, 1.82) is 0 Å². The molecule has 0 unspecified atom stereocenters. The number of rotatable bonds is 9. The Balaban J connectivity index is 1.29. The van der Waals surface area contributed by atoms with Crippen molar-refractivity contribution < 1.29 is 9.53 Å². The van der Waals surface area contributed by atoms with Gasteiger partial charge >= 0.3 is 0 Å². The molecule has 0 spiro atoms. The van der Waals surface area contributed by atoms with Gasteiger partial charge in [0.1, 0.15) is 5.75 Å². The second-order valence-corrected chi connectivity index (χ2v) is 10.0. The average molecular weight is 481 g/mol. The second-order valence-electron chi connectivity index (χ2n) is 6.59. The number of hydrogen-bond acceptors (Lipinski definition) is 8. The molecule has 1 aromatic heterocycles. The van der Waals surface area contributed by atoms with Crippen LogP contribution in [0, 0.1) is 0 Å². The van der Waals surface area contributed by atoms with E-state index in [1.54, 1.807) is 25.1 Å². The van der Waals surface area contributed by atoms with Crippen LogP contribution in [0.2, 0.25) is 0 Å². The number of methoxy groups -OCH3 is 1. The number of hydrogen-bond donors (Lipinski definition) is 1. The quantitative estimate of drug-likeness (QED) is 0.201. The first-order chi connectivity index (χ1) is 15.7. The Morgan fingerprint density at radius 1 is 1.03 bits per heavy atom. The summed E-state index contributed by atoms with van der Waals surface area (Å²) in [6.45, 7) is 0. The lowest BCUT2D eigenvalue weighted by atomic mass is 10.0. The van der Waals surface area contributed by atoms with Gasteiger partial charge < -0.3 is 4.74 Å². The van der Waals surface area contributed by atoms with E-state index in [-0.39, 0.29) is 11.7 Å². The predicted octanol–water partition coefficient (Wildman–Crippen LogP) is 5.23. The van der Waals surface area contributed by atoms with E-state index in [0.29, 0.717) is 5.75 Å². The van der Waals surface area contributed by atoms with Gasteiger partial charge in [-0.05, 0) is 22.4 Å². The molecule has 1 heterocycles. The molecule has 3 aromatic carbocycles. The maximum absolute atomic E-state index is 12.2. The van der Waals surface area contributed by atoms with Gasteiger partial charge in [0.2, 0.25) is 0 Å². The zero-order chi connectivity index (χ0) is 22.2. The van der Waals surface area contributed by atoms with E-state index in [1.165, 1.54) is 28.7 Å². The minimum Gasteiger partial charge on any atom is -0.496 e. The number of aromatic nitrogens is 2. The van der Waals surface area contributed by atoms with Crippen molar-refractivity contribution in [3.05, 3.63) is 77.9 Å². The monoisotopic (exact) mass is 480 g/mol. The molecule has 0 saturated carbocycles. The first kappa shape index (κ1) is 22.3. The molecule has 0 aliphatic heterocycles. The van der Waals surface area contributed by atoms with Crippen LogP contribution in [0.15, 0.2) is 80.5 Å². The van der Waals surface area contributed by atoms with Crippen LogP contribution in [-0.2, 0) is 10.5 Å². The topological polar surface area (TPSA) is 76.5 Å². The number of fused-ring (bicyclic) bond motifs is 1. The fraction of sp³-hybridized carbons (Fsp3) is 0.130. The van der Waals surface area contributed by atoms with Crippen molar-refractivity contribution in [2.45, 2.75) is 14.4 Å². The number of thioether (sulfide) groups is 2. The van der Waals surface area contributed by atoms with Crippen LogP contribution in [0.1, 0.15) is 11.1 Å². The number of nitrogens with one attached hydrogen (secondary N) is 1. The Morgan fingerprint density at radius 2 is 1.78 bits per heavy atom. The van der Waals surface area contributed by atoms with E-state index in [9.17, 15) is 4.79 Å². The molecule has 32 heavy (non-hydrogen) atoms. The zero-order valence-electron chi connectivity index (χ0n) is 17.2. The fourth-order valence-corrected chi connectivity index (χ4v) is 5.72. The van der Waals surface area contributed by atoms with Gasteiger partial charge in [0.05, 0.1) is 19.1 Å². The van der Waals surface area contributed by atoms with E-state index in [2.05, 4.69) is 32.9 Å². The summed E-state index contributed by atoms with van der Waals surface area (Å²) in [6.07, 6.45) is 1.62. The van der Waals surface area contributed by atoms with Gasteiger partial charge in [-0.1, -0.05) is 95.5 Å². The predicted molar refractivity (Wildman–Crippen MR) is 133 cm³/mol. The Kier molecular flexibility index (Phi) is 7.76. The summed E-state index contributed by atoms with van der Waals surface area (Å²) in [5.74, 6) is 1.54. The zero-order valence-corrected chi connectivity index (χ0v) is 19.7. The van der Waals surface area contributed by atoms with E-state index in [4.69, 9.17) is 4.74 Å². The van der Waals surface area contributed by atoms with Gasteiger partial charge in [-0.3, -0.25) is 4.79 Å². The first-order valence-electron chi connectivity index (χ1n) is 9.73. The van der Waals surface area contributed by atoms with Crippen LogP contribution in [-0.4, -0.2) is 35.2 Å². The highest BCUT2D eigenvalue weighted by molar-refractivity contribution is 8.03. The normalized spacial score (nSPS) is 11.2. The summed E-state index contributed by atoms with van der Waals surface area (Å²) in [4.78, 5) is 12.2. The molecule has 4 rings (SSSR count). The Bertz CT molecular complexity index is 1230. The summed E-state index contributed by atoms with van der Waals surface area (Å²) in [7, 11) is 1.62. The van der Waals surface area contributed by atoms with E-state index < -0.39 is 0 Å². The molecular formula is C23H20N4O2S3. The van der Waals surface area contributed by atoms with Gasteiger partial charge in [-0.25, -0.2) is 5.43 Å². The van der Waals surface area contributed by atoms with Crippen molar-refractivity contribution in [3.63, 3.8) is 0 Å². The number of nitrogens with zero attached hydrogens (tertiary/aromatic N) is 3. The van der Waals surface area contributed by atoms with Crippen LogP contribution in [0.25, 0.3) is 10.8 Å².